The number of alkyl halides is 1. The van der Waals surface area contributed by atoms with E-state index < -0.39 is 5.60 Å². The minimum Gasteiger partial charge on any atom is -0.444 e. The maximum absolute atomic E-state index is 12.0. The molecule has 1 amide bonds. The molecule has 0 bridgehead atoms. The second-order valence-electron chi connectivity index (χ2n) is 6.52. The van der Waals surface area contributed by atoms with E-state index in [4.69, 9.17) is 9.73 Å². The molecule has 4 nitrogen and oxygen atoms in total. The van der Waals surface area contributed by atoms with Crippen LogP contribution in [-0.2, 0) is 4.74 Å². The van der Waals surface area contributed by atoms with Gasteiger partial charge in [-0.25, -0.2) is 4.79 Å². The highest BCUT2D eigenvalue weighted by atomic mass is 79.9. The van der Waals surface area contributed by atoms with E-state index in [1.807, 2.05) is 27.7 Å². The van der Waals surface area contributed by atoms with Gasteiger partial charge in [0.25, 0.3) is 0 Å². The number of ether oxygens (including phenoxy) is 1. The highest BCUT2D eigenvalue weighted by Crippen LogP contribution is 2.27. The van der Waals surface area contributed by atoms with Crippen LogP contribution in [0.15, 0.2) is 4.99 Å². The van der Waals surface area contributed by atoms with Gasteiger partial charge in [0.2, 0.25) is 0 Å². The van der Waals surface area contributed by atoms with Gasteiger partial charge in [-0.15, -0.1) is 0 Å². The monoisotopic (exact) mass is 332 g/mol. The third-order valence-corrected chi connectivity index (χ3v) is 3.79. The number of nitrogens with zero attached hydrogens (tertiary/aromatic N) is 2. The fraction of sp³-hybridized carbons (Fsp3) is 0.857. The van der Waals surface area contributed by atoms with Gasteiger partial charge in [-0.05, 0) is 48.0 Å². The fourth-order valence-electron chi connectivity index (χ4n) is 2.03. The molecule has 0 aromatic heterocycles. The Morgan fingerprint density at radius 1 is 1.47 bits per heavy atom. The number of carbonyl (C=O) groups excluding carboxylic acids is 1. The molecular weight excluding hydrogens is 308 g/mol. The van der Waals surface area contributed by atoms with Crippen molar-refractivity contribution in [3.8, 4) is 0 Å². The predicted molar refractivity (Wildman–Crippen MR) is 82.3 cm³/mol. The zero-order chi connectivity index (χ0) is 14.8. The number of rotatable bonds is 2. The lowest BCUT2D eigenvalue weighted by Gasteiger charge is -2.26. The zero-order valence-electron chi connectivity index (χ0n) is 12.8. The van der Waals surface area contributed by atoms with E-state index in [1.165, 1.54) is 0 Å². The van der Waals surface area contributed by atoms with Crippen molar-refractivity contribution in [2.75, 3.05) is 13.1 Å². The Labute approximate surface area is 124 Å². The molecule has 1 aliphatic rings. The van der Waals surface area contributed by atoms with Crippen LogP contribution in [-0.4, -0.2) is 45.8 Å². The van der Waals surface area contributed by atoms with Gasteiger partial charge < -0.3 is 9.64 Å². The van der Waals surface area contributed by atoms with E-state index in [1.54, 1.807) is 4.90 Å². The van der Waals surface area contributed by atoms with Crippen LogP contribution < -0.4 is 0 Å². The highest BCUT2D eigenvalue weighted by Gasteiger charge is 2.37. The first-order valence-corrected chi connectivity index (χ1v) is 7.62. The molecule has 0 aromatic carbocycles. The maximum Gasteiger partial charge on any atom is 0.410 e. The summed E-state index contributed by atoms with van der Waals surface area (Å²) in [6.07, 6.45) is 0.638. The summed E-state index contributed by atoms with van der Waals surface area (Å²) in [5.74, 6) is 0. The summed E-state index contributed by atoms with van der Waals surface area (Å²) in [4.78, 5) is 18.8. The van der Waals surface area contributed by atoms with E-state index in [-0.39, 0.29) is 16.5 Å². The number of likely N-dealkylation sites (tertiary alicyclic amines) is 1. The van der Waals surface area contributed by atoms with E-state index in [9.17, 15) is 4.79 Å². The van der Waals surface area contributed by atoms with E-state index >= 15 is 0 Å². The Morgan fingerprint density at radius 3 is 2.53 bits per heavy atom. The Hall–Kier alpha value is -0.580. The fourth-order valence-corrected chi connectivity index (χ4v) is 2.14. The summed E-state index contributed by atoms with van der Waals surface area (Å²) in [6, 6.07) is 0. The van der Waals surface area contributed by atoms with Gasteiger partial charge in [-0.2, -0.15) is 0 Å². The third kappa shape index (κ3) is 5.13. The second kappa shape index (κ2) is 5.81. The SMILES string of the molecule is CC(=NC1(C)CCN(C(=O)OC(C)(C)C)C1)C(C)Br. The summed E-state index contributed by atoms with van der Waals surface area (Å²) in [7, 11) is 0. The lowest BCUT2D eigenvalue weighted by atomic mass is 10.0. The molecule has 1 rings (SSSR count). The number of hydrogen-bond donors (Lipinski definition) is 0. The lowest BCUT2D eigenvalue weighted by molar-refractivity contribution is 0.0286. The average Bonchev–Trinajstić information content (AvgIpc) is 2.58. The Balaban J connectivity index is 2.67. The molecule has 0 N–H and O–H groups in total. The van der Waals surface area contributed by atoms with Crippen LogP contribution in [0.5, 0.6) is 0 Å². The minimum atomic E-state index is -0.445. The van der Waals surface area contributed by atoms with Gasteiger partial charge >= 0.3 is 6.09 Å². The number of halogens is 1. The van der Waals surface area contributed by atoms with Crippen LogP contribution in [0.2, 0.25) is 0 Å². The molecule has 0 aromatic rings. The Morgan fingerprint density at radius 2 is 2.05 bits per heavy atom. The minimum absolute atomic E-state index is 0.191. The molecule has 19 heavy (non-hydrogen) atoms. The number of aliphatic imine (C=N–C) groups is 1. The van der Waals surface area contributed by atoms with Gasteiger partial charge in [0, 0.05) is 23.6 Å². The lowest BCUT2D eigenvalue weighted by Crippen LogP contribution is -2.38. The summed E-state index contributed by atoms with van der Waals surface area (Å²) < 4.78 is 5.40. The molecule has 110 valence electrons. The first-order chi connectivity index (χ1) is 8.52. The van der Waals surface area contributed by atoms with Gasteiger partial charge in [0.15, 0.2) is 0 Å². The standard InChI is InChI=1S/C14H25BrN2O2/c1-10(15)11(2)16-14(6)7-8-17(9-14)12(18)19-13(3,4)5/h10H,7-9H2,1-6H3. The third-order valence-electron chi connectivity index (χ3n) is 3.13. The first-order valence-electron chi connectivity index (χ1n) is 6.71. The number of carbonyl (C=O) groups is 1. The molecule has 1 saturated heterocycles. The molecule has 2 unspecified atom stereocenters. The molecule has 0 radical (unpaired) electrons. The molecule has 0 aliphatic carbocycles. The Kier molecular flexibility index (Phi) is 5.04. The second-order valence-corrected chi connectivity index (χ2v) is 7.89. The van der Waals surface area contributed by atoms with Crippen LogP contribution in [0.3, 0.4) is 0 Å². The summed E-state index contributed by atoms with van der Waals surface area (Å²) >= 11 is 3.52. The van der Waals surface area contributed by atoms with Gasteiger partial charge in [0.1, 0.15) is 5.60 Å². The van der Waals surface area contributed by atoms with Crippen molar-refractivity contribution in [3.63, 3.8) is 0 Å². The normalized spacial score (nSPS) is 26.5. The number of hydrogen-bond acceptors (Lipinski definition) is 3. The van der Waals surface area contributed by atoms with Gasteiger partial charge in [0.05, 0.1) is 5.54 Å². The maximum atomic E-state index is 12.0. The van der Waals surface area contributed by atoms with Crippen molar-refractivity contribution in [1.82, 2.24) is 4.90 Å². The average molecular weight is 333 g/mol. The molecule has 0 spiro atoms. The van der Waals surface area contributed by atoms with Crippen molar-refractivity contribution in [3.05, 3.63) is 0 Å². The molecule has 5 heteroatoms. The van der Waals surface area contributed by atoms with Crippen LogP contribution in [0, 0.1) is 0 Å². The molecule has 1 fully saturated rings. The first kappa shape index (κ1) is 16.5. The molecular formula is C14H25BrN2O2. The molecule has 2 atom stereocenters. The Bertz CT molecular complexity index is 374. The van der Waals surface area contributed by atoms with Crippen molar-refractivity contribution < 1.29 is 9.53 Å². The zero-order valence-corrected chi connectivity index (χ0v) is 14.4. The van der Waals surface area contributed by atoms with Crippen LogP contribution in [0.1, 0.15) is 48.0 Å². The van der Waals surface area contributed by atoms with Crippen LogP contribution in [0.4, 0.5) is 4.79 Å². The highest BCUT2D eigenvalue weighted by molar-refractivity contribution is 9.10. The largest absolute Gasteiger partial charge is 0.444 e. The van der Waals surface area contributed by atoms with E-state index in [2.05, 4.69) is 29.8 Å². The van der Waals surface area contributed by atoms with Crippen LogP contribution >= 0.6 is 15.9 Å². The molecule has 1 heterocycles. The van der Waals surface area contributed by atoms with Gasteiger partial charge in [-0.3, -0.25) is 4.99 Å². The van der Waals surface area contributed by atoms with E-state index in [0.29, 0.717) is 13.1 Å². The van der Waals surface area contributed by atoms with Crippen molar-refractivity contribution in [2.45, 2.75) is 63.9 Å². The van der Waals surface area contributed by atoms with Crippen molar-refractivity contribution in [2.24, 2.45) is 4.99 Å². The number of amides is 1. The summed E-state index contributed by atoms with van der Waals surface area (Å²) in [6.45, 7) is 13.1. The van der Waals surface area contributed by atoms with Crippen molar-refractivity contribution >= 4 is 27.7 Å². The van der Waals surface area contributed by atoms with Gasteiger partial charge in [-0.1, -0.05) is 15.9 Å². The van der Waals surface area contributed by atoms with E-state index in [0.717, 1.165) is 12.1 Å². The smallest absolute Gasteiger partial charge is 0.410 e. The molecule has 0 saturated carbocycles. The topological polar surface area (TPSA) is 41.9 Å². The quantitative estimate of drug-likeness (QED) is 0.572. The van der Waals surface area contributed by atoms with Crippen LogP contribution in [0.25, 0.3) is 0 Å². The predicted octanol–water partition coefficient (Wildman–Crippen LogP) is 3.63. The summed E-state index contributed by atoms with van der Waals surface area (Å²) in [5.41, 5.74) is 0.427. The van der Waals surface area contributed by atoms with Crippen molar-refractivity contribution in [1.29, 1.82) is 0 Å². The molecule has 1 aliphatic heterocycles. The summed E-state index contributed by atoms with van der Waals surface area (Å²) in [5, 5.41) is 0.